The molecular formula is C90H88N4. The SMILES string of the molecule is CC1(C)CCN2CCC(C)(C)c3cc(-c4ccc(N(c5ccc(-c6cc7c8c(c6)C(C)(C)CCN8CCC7(C)C)cc5)c5ccc(-c6cc7c8c(c6)C(C)(C)c6cc(-c9ccccc9)ccc6N8c6ccc(-c8ccccc8)cc6C7(C)C)c6ccccc56)cc4)cc1c32. The van der Waals surface area contributed by atoms with E-state index in [2.05, 4.69) is 321 Å². The zero-order valence-corrected chi connectivity index (χ0v) is 57.2. The second kappa shape index (κ2) is 20.7. The van der Waals surface area contributed by atoms with Gasteiger partial charge >= 0.3 is 0 Å². The van der Waals surface area contributed by atoms with Gasteiger partial charge in [-0.15, -0.1) is 0 Å². The maximum atomic E-state index is 2.68. The van der Waals surface area contributed by atoms with E-state index in [1.807, 2.05) is 0 Å². The van der Waals surface area contributed by atoms with E-state index < -0.39 is 0 Å². The Morgan fingerprint density at radius 1 is 0.277 bits per heavy atom. The predicted octanol–water partition coefficient (Wildman–Crippen LogP) is 23.7. The van der Waals surface area contributed by atoms with Crippen LogP contribution in [0.15, 0.2) is 218 Å². The Morgan fingerprint density at radius 3 is 1.02 bits per heavy atom. The van der Waals surface area contributed by atoms with Crippen LogP contribution in [-0.2, 0) is 32.5 Å². The standard InChI is InChI=1S/C90H88N4/c1-85(2)41-45-91-46-42-86(3,4)74-52-63(51-73(85)82(74)91)59-27-33-66(34-28-59)93(67-35-29-60(30-36-67)64-53-75-83-76(54-64)88(7,8)44-48-92(83)47-43-87(75,5)6)79-40-37-68(69-25-19-20-26-70(69)79)65-55-77-84-78(56-65)90(11,12)72-50-62(58-23-17-14-18-24-58)32-39-81(72)94(84)80-38-31-61(49-71(80)89(77,9)10)57-21-15-13-16-22-57/h13-40,49-56H,41-48H2,1-12H3. The molecule has 4 heteroatoms. The first-order chi connectivity index (χ1) is 45.1. The molecule has 0 fully saturated rings. The molecule has 0 amide bonds. The Morgan fingerprint density at radius 2 is 0.617 bits per heavy atom. The van der Waals surface area contributed by atoms with Gasteiger partial charge in [0, 0.05) is 65.1 Å². The molecule has 6 aliphatic rings. The van der Waals surface area contributed by atoms with E-state index in [1.165, 1.54) is 165 Å². The molecule has 4 nitrogen and oxygen atoms in total. The second-order valence-electron chi connectivity index (χ2n) is 32.2. The van der Waals surface area contributed by atoms with Crippen molar-refractivity contribution in [3.63, 3.8) is 0 Å². The minimum atomic E-state index is -0.342. The van der Waals surface area contributed by atoms with Gasteiger partial charge in [0.05, 0.1) is 22.7 Å². The molecule has 94 heavy (non-hydrogen) atoms. The monoisotopic (exact) mass is 1220 g/mol. The van der Waals surface area contributed by atoms with Crippen LogP contribution in [0.4, 0.5) is 45.5 Å². The zero-order chi connectivity index (χ0) is 64.6. The third kappa shape index (κ3) is 8.97. The Kier molecular flexibility index (Phi) is 12.9. The lowest BCUT2D eigenvalue weighted by Crippen LogP contribution is -2.44. The van der Waals surface area contributed by atoms with E-state index in [0.29, 0.717) is 0 Å². The largest absolute Gasteiger partial charge is 0.371 e. The van der Waals surface area contributed by atoms with Crippen molar-refractivity contribution >= 4 is 56.3 Å². The van der Waals surface area contributed by atoms with Crippen LogP contribution in [0.1, 0.15) is 153 Å². The van der Waals surface area contributed by atoms with Crippen molar-refractivity contribution < 1.29 is 0 Å². The van der Waals surface area contributed by atoms with Crippen LogP contribution in [0.25, 0.3) is 66.4 Å². The molecular weight excluding hydrogens is 1140 g/mol. The fraction of sp³-hybridized carbons (Fsp3) is 0.289. The lowest BCUT2D eigenvalue weighted by atomic mass is 9.65. The molecule has 11 aromatic carbocycles. The highest BCUT2D eigenvalue weighted by atomic mass is 15.2. The van der Waals surface area contributed by atoms with Gasteiger partial charge in [0.1, 0.15) is 0 Å². The van der Waals surface area contributed by atoms with E-state index in [-0.39, 0.29) is 32.5 Å². The highest BCUT2D eigenvalue weighted by Crippen LogP contribution is 2.62. The summed E-state index contributed by atoms with van der Waals surface area (Å²) in [6.45, 7) is 34.1. The molecule has 0 unspecified atom stereocenters. The van der Waals surface area contributed by atoms with Gasteiger partial charge in [-0.2, -0.15) is 0 Å². The van der Waals surface area contributed by atoms with Crippen molar-refractivity contribution in [1.82, 2.24) is 0 Å². The minimum absolute atomic E-state index is 0.0992. The van der Waals surface area contributed by atoms with Gasteiger partial charge in [-0.25, -0.2) is 0 Å². The maximum Gasteiger partial charge on any atom is 0.0544 e. The molecule has 17 rings (SSSR count). The molecule has 0 spiro atoms. The molecule has 0 saturated carbocycles. The molecule has 11 aromatic rings. The number of nitrogens with zero attached hydrogens (tertiary/aromatic N) is 4. The van der Waals surface area contributed by atoms with Crippen LogP contribution in [-0.4, -0.2) is 26.2 Å². The maximum absolute atomic E-state index is 2.68. The first-order valence-electron chi connectivity index (χ1n) is 34.9. The Hall–Kier alpha value is -9.12. The van der Waals surface area contributed by atoms with Gasteiger partial charge in [-0.1, -0.05) is 210 Å². The van der Waals surface area contributed by atoms with Gasteiger partial charge in [0.25, 0.3) is 0 Å². The Labute approximate surface area is 558 Å². The smallest absolute Gasteiger partial charge is 0.0544 e. The summed E-state index contributed by atoms with van der Waals surface area (Å²) in [5.41, 5.74) is 33.8. The predicted molar refractivity (Wildman–Crippen MR) is 400 cm³/mol. The van der Waals surface area contributed by atoms with Crippen molar-refractivity contribution in [2.75, 3.05) is 45.8 Å². The van der Waals surface area contributed by atoms with Crippen LogP contribution in [0.5, 0.6) is 0 Å². The Balaban J connectivity index is 0.835. The number of hydrogen-bond acceptors (Lipinski definition) is 4. The van der Waals surface area contributed by atoms with Gasteiger partial charge < -0.3 is 19.6 Å². The van der Waals surface area contributed by atoms with Crippen molar-refractivity contribution in [2.24, 2.45) is 0 Å². The second-order valence-corrected chi connectivity index (χ2v) is 32.2. The van der Waals surface area contributed by atoms with E-state index >= 15 is 0 Å². The summed E-state index contributed by atoms with van der Waals surface area (Å²) in [7, 11) is 0. The zero-order valence-electron chi connectivity index (χ0n) is 57.2. The van der Waals surface area contributed by atoms with Crippen LogP contribution >= 0.6 is 0 Å². The number of hydrogen-bond donors (Lipinski definition) is 0. The lowest BCUT2D eigenvalue weighted by Gasteiger charge is -2.50. The minimum Gasteiger partial charge on any atom is -0.371 e. The van der Waals surface area contributed by atoms with Crippen molar-refractivity contribution in [3.8, 4) is 55.6 Å². The van der Waals surface area contributed by atoms with Crippen molar-refractivity contribution in [3.05, 3.63) is 263 Å². The van der Waals surface area contributed by atoms with E-state index in [4.69, 9.17) is 0 Å². The Bertz CT molecular complexity index is 4560. The third-order valence-corrected chi connectivity index (χ3v) is 23.9. The first-order valence-corrected chi connectivity index (χ1v) is 34.9. The van der Waals surface area contributed by atoms with Gasteiger partial charge in [-0.05, 0) is 244 Å². The van der Waals surface area contributed by atoms with E-state index in [0.717, 1.165) is 43.2 Å². The lowest BCUT2D eigenvalue weighted by molar-refractivity contribution is 0.401. The van der Waals surface area contributed by atoms with Crippen LogP contribution in [0.2, 0.25) is 0 Å². The normalized spacial score (nSPS) is 18.3. The highest BCUT2D eigenvalue weighted by molar-refractivity contribution is 6.07. The topological polar surface area (TPSA) is 13.0 Å². The van der Waals surface area contributed by atoms with Crippen LogP contribution < -0.4 is 19.6 Å². The van der Waals surface area contributed by atoms with Crippen molar-refractivity contribution in [1.29, 1.82) is 0 Å². The van der Waals surface area contributed by atoms with Crippen molar-refractivity contribution in [2.45, 2.75) is 141 Å². The van der Waals surface area contributed by atoms with Gasteiger partial charge in [0.15, 0.2) is 0 Å². The molecule has 6 aliphatic heterocycles. The van der Waals surface area contributed by atoms with E-state index in [1.54, 1.807) is 0 Å². The summed E-state index contributed by atoms with van der Waals surface area (Å²) in [5, 5.41) is 2.44. The summed E-state index contributed by atoms with van der Waals surface area (Å²) in [4.78, 5) is 10.5. The average molecular weight is 1230 g/mol. The number of fused-ring (bicyclic) bond motifs is 5. The number of rotatable bonds is 8. The molecule has 0 bridgehead atoms. The molecule has 468 valence electrons. The van der Waals surface area contributed by atoms with E-state index in [9.17, 15) is 0 Å². The number of anilines is 8. The summed E-state index contributed by atoms with van der Waals surface area (Å²) >= 11 is 0. The fourth-order valence-corrected chi connectivity index (χ4v) is 17.7. The quantitative estimate of drug-likeness (QED) is 0.150. The molecule has 0 N–H and O–H groups in total. The van der Waals surface area contributed by atoms with Gasteiger partial charge in [-0.3, -0.25) is 0 Å². The highest BCUT2D eigenvalue weighted by Gasteiger charge is 2.47. The average Bonchev–Trinajstić information content (AvgIpc) is 0.688. The summed E-state index contributed by atoms with van der Waals surface area (Å²) < 4.78 is 0. The molecule has 0 aromatic heterocycles. The third-order valence-electron chi connectivity index (χ3n) is 23.9. The molecule has 0 aliphatic carbocycles. The molecule has 6 heterocycles. The van der Waals surface area contributed by atoms with Crippen LogP contribution in [0.3, 0.4) is 0 Å². The molecule has 0 saturated heterocycles. The fourth-order valence-electron chi connectivity index (χ4n) is 17.7. The summed E-state index contributed by atoms with van der Waals surface area (Å²) in [5.74, 6) is 0. The van der Waals surface area contributed by atoms with Gasteiger partial charge in [0.2, 0.25) is 0 Å². The first kappa shape index (κ1) is 58.7. The van der Waals surface area contributed by atoms with Crippen LogP contribution in [0, 0.1) is 0 Å². The molecule has 0 atom stereocenters. The molecule has 0 radical (unpaired) electrons. The summed E-state index contributed by atoms with van der Waals surface area (Å²) in [6, 6.07) is 84.7. The summed E-state index contributed by atoms with van der Waals surface area (Å²) in [6.07, 6.45) is 4.68. The number of benzene rings is 11.